The molecule has 2 heterocycles. The van der Waals surface area contributed by atoms with Crippen molar-refractivity contribution < 1.29 is 18.0 Å². The van der Waals surface area contributed by atoms with Crippen LogP contribution in [0.1, 0.15) is 37.0 Å². The number of anilines is 1. The minimum absolute atomic E-state index is 0.0923. The van der Waals surface area contributed by atoms with Crippen LogP contribution in [-0.2, 0) is 14.8 Å². The van der Waals surface area contributed by atoms with Crippen molar-refractivity contribution in [2.24, 2.45) is 0 Å². The van der Waals surface area contributed by atoms with Gasteiger partial charge in [0.2, 0.25) is 15.9 Å². The summed E-state index contributed by atoms with van der Waals surface area (Å²) in [6.07, 6.45) is 1.41. The van der Waals surface area contributed by atoms with Crippen LogP contribution in [0.4, 0.5) is 5.69 Å². The highest BCUT2D eigenvalue weighted by Gasteiger charge is 2.29. The summed E-state index contributed by atoms with van der Waals surface area (Å²) >= 11 is 0. The summed E-state index contributed by atoms with van der Waals surface area (Å²) in [5.74, 6) is 0.184. The lowest BCUT2D eigenvalue weighted by molar-refractivity contribution is -0.132. The van der Waals surface area contributed by atoms with E-state index in [0.717, 1.165) is 13.0 Å². The molecule has 1 aromatic rings. The molecule has 30 heavy (non-hydrogen) atoms. The Morgan fingerprint density at radius 1 is 1.00 bits per heavy atom. The van der Waals surface area contributed by atoms with Gasteiger partial charge in [-0.25, -0.2) is 8.42 Å². The average molecular weight is 437 g/mol. The number of carbonyl (C=O) groups excluding carboxylic acids is 2. The van der Waals surface area contributed by atoms with Crippen molar-refractivity contribution in [2.45, 2.75) is 26.7 Å². The first kappa shape index (κ1) is 22.6. The van der Waals surface area contributed by atoms with Crippen LogP contribution >= 0.6 is 0 Å². The van der Waals surface area contributed by atoms with Gasteiger partial charge in [-0.3, -0.25) is 18.8 Å². The SMILES string of the molecule is CCN(CC)C(=O)CN1CCCN(C(=O)c2cccc(N3CCCS3(=O)=O)c2)CC1. The van der Waals surface area contributed by atoms with Crippen LogP contribution in [0.5, 0.6) is 0 Å². The molecule has 2 fully saturated rings. The number of hydrogen-bond acceptors (Lipinski definition) is 5. The minimum Gasteiger partial charge on any atom is -0.342 e. The van der Waals surface area contributed by atoms with Gasteiger partial charge in [0, 0.05) is 51.4 Å². The third-order valence-electron chi connectivity index (χ3n) is 5.83. The van der Waals surface area contributed by atoms with E-state index in [9.17, 15) is 18.0 Å². The van der Waals surface area contributed by atoms with Gasteiger partial charge in [-0.05, 0) is 44.9 Å². The van der Waals surface area contributed by atoms with Crippen LogP contribution in [0.25, 0.3) is 0 Å². The Morgan fingerprint density at radius 2 is 1.77 bits per heavy atom. The Balaban J connectivity index is 1.64. The average Bonchev–Trinajstić information content (AvgIpc) is 2.93. The number of benzene rings is 1. The fourth-order valence-electron chi connectivity index (χ4n) is 4.11. The second kappa shape index (κ2) is 9.78. The molecule has 2 saturated heterocycles. The summed E-state index contributed by atoms with van der Waals surface area (Å²) in [5.41, 5.74) is 1.06. The lowest BCUT2D eigenvalue weighted by atomic mass is 10.1. The van der Waals surface area contributed by atoms with Gasteiger partial charge < -0.3 is 9.80 Å². The van der Waals surface area contributed by atoms with Crippen LogP contribution in [-0.4, -0.2) is 93.0 Å². The number of hydrogen-bond donors (Lipinski definition) is 0. The molecule has 0 atom stereocenters. The second-order valence-corrected chi connectivity index (χ2v) is 9.79. The van der Waals surface area contributed by atoms with Crippen LogP contribution in [0.3, 0.4) is 0 Å². The predicted octanol–water partition coefficient (Wildman–Crippen LogP) is 1.24. The molecule has 9 heteroatoms. The van der Waals surface area contributed by atoms with Crippen molar-refractivity contribution in [1.29, 1.82) is 0 Å². The highest BCUT2D eigenvalue weighted by Crippen LogP contribution is 2.25. The normalized spacial score (nSPS) is 19.5. The molecule has 0 aliphatic carbocycles. The summed E-state index contributed by atoms with van der Waals surface area (Å²) in [4.78, 5) is 31.2. The van der Waals surface area contributed by atoms with Gasteiger partial charge in [-0.2, -0.15) is 0 Å². The van der Waals surface area contributed by atoms with Crippen molar-refractivity contribution in [3.05, 3.63) is 29.8 Å². The molecule has 0 N–H and O–H groups in total. The van der Waals surface area contributed by atoms with E-state index in [-0.39, 0.29) is 17.6 Å². The Bertz CT molecular complexity index is 870. The first-order valence-corrected chi connectivity index (χ1v) is 12.4. The third kappa shape index (κ3) is 5.13. The van der Waals surface area contributed by atoms with Crippen molar-refractivity contribution >= 4 is 27.5 Å². The van der Waals surface area contributed by atoms with Crippen molar-refractivity contribution in [3.63, 3.8) is 0 Å². The van der Waals surface area contributed by atoms with Gasteiger partial charge in [0.1, 0.15) is 0 Å². The molecule has 2 aliphatic heterocycles. The van der Waals surface area contributed by atoms with Crippen molar-refractivity contribution in [2.75, 3.05) is 62.4 Å². The topological polar surface area (TPSA) is 81.2 Å². The molecule has 166 valence electrons. The number of rotatable bonds is 6. The molecule has 2 aliphatic rings. The molecule has 8 nitrogen and oxygen atoms in total. The molecule has 0 aromatic heterocycles. The lowest BCUT2D eigenvalue weighted by Crippen LogP contribution is -2.42. The minimum atomic E-state index is -3.28. The summed E-state index contributed by atoms with van der Waals surface area (Å²) in [6.45, 7) is 8.82. The van der Waals surface area contributed by atoms with Gasteiger partial charge in [-0.15, -0.1) is 0 Å². The van der Waals surface area contributed by atoms with Gasteiger partial charge in [-0.1, -0.05) is 6.07 Å². The fraction of sp³-hybridized carbons (Fsp3) is 0.619. The Labute approximate surface area is 179 Å². The first-order chi connectivity index (χ1) is 14.4. The highest BCUT2D eigenvalue weighted by molar-refractivity contribution is 7.93. The number of sulfonamides is 1. The Morgan fingerprint density at radius 3 is 2.43 bits per heavy atom. The van der Waals surface area contributed by atoms with Crippen molar-refractivity contribution in [3.8, 4) is 0 Å². The fourth-order valence-corrected chi connectivity index (χ4v) is 5.66. The molecule has 2 amide bonds. The molecule has 3 rings (SSSR count). The van der Waals surface area contributed by atoms with E-state index in [1.165, 1.54) is 4.31 Å². The molecular formula is C21H32N4O4S. The maximum atomic E-state index is 13.1. The molecule has 0 radical (unpaired) electrons. The predicted molar refractivity (Wildman–Crippen MR) is 117 cm³/mol. The van der Waals surface area contributed by atoms with E-state index in [1.807, 2.05) is 18.7 Å². The standard InChI is InChI=1S/C21H32N4O4S/c1-3-23(4-2)20(26)17-22-10-6-11-24(14-13-22)21(27)18-8-5-9-19(16-18)25-12-7-15-30(25,28)29/h5,8-9,16H,3-4,6-7,10-15,17H2,1-2H3. The van der Waals surface area contributed by atoms with E-state index in [0.29, 0.717) is 63.5 Å². The zero-order chi connectivity index (χ0) is 21.7. The maximum absolute atomic E-state index is 13.1. The molecule has 0 spiro atoms. The number of amides is 2. The van der Waals surface area contributed by atoms with Crippen molar-refractivity contribution in [1.82, 2.24) is 14.7 Å². The third-order valence-corrected chi connectivity index (χ3v) is 7.70. The lowest BCUT2D eigenvalue weighted by Gasteiger charge is -2.25. The van der Waals surface area contributed by atoms with Crippen LogP contribution < -0.4 is 4.31 Å². The Kier molecular flexibility index (Phi) is 7.36. The van der Waals surface area contributed by atoms with Gasteiger partial charge in [0.05, 0.1) is 18.0 Å². The van der Waals surface area contributed by atoms with Crippen LogP contribution in [0, 0.1) is 0 Å². The molecule has 0 unspecified atom stereocenters. The van der Waals surface area contributed by atoms with E-state index < -0.39 is 10.0 Å². The summed E-state index contributed by atoms with van der Waals surface area (Å²) in [6, 6.07) is 6.89. The van der Waals surface area contributed by atoms with Gasteiger partial charge in [0.25, 0.3) is 5.91 Å². The number of nitrogens with zero attached hydrogens (tertiary/aromatic N) is 4. The largest absolute Gasteiger partial charge is 0.342 e. The van der Waals surface area contributed by atoms with E-state index in [2.05, 4.69) is 4.90 Å². The summed E-state index contributed by atoms with van der Waals surface area (Å²) in [5, 5.41) is 0. The maximum Gasteiger partial charge on any atom is 0.253 e. The number of likely N-dealkylation sites (N-methyl/N-ethyl adjacent to an activating group) is 1. The van der Waals surface area contributed by atoms with E-state index in [4.69, 9.17) is 0 Å². The van der Waals surface area contributed by atoms with E-state index in [1.54, 1.807) is 29.2 Å². The monoisotopic (exact) mass is 436 g/mol. The van der Waals surface area contributed by atoms with Crippen LogP contribution in [0.15, 0.2) is 24.3 Å². The van der Waals surface area contributed by atoms with E-state index >= 15 is 0 Å². The highest BCUT2D eigenvalue weighted by atomic mass is 32.2. The zero-order valence-corrected chi connectivity index (χ0v) is 18.7. The Hall–Kier alpha value is -2.13. The zero-order valence-electron chi connectivity index (χ0n) is 17.9. The summed E-state index contributed by atoms with van der Waals surface area (Å²) < 4.78 is 25.8. The summed E-state index contributed by atoms with van der Waals surface area (Å²) in [7, 11) is -3.28. The molecule has 1 aromatic carbocycles. The number of carbonyl (C=O) groups is 2. The molecular weight excluding hydrogens is 404 g/mol. The first-order valence-electron chi connectivity index (χ1n) is 10.8. The van der Waals surface area contributed by atoms with Gasteiger partial charge >= 0.3 is 0 Å². The molecule has 0 saturated carbocycles. The quantitative estimate of drug-likeness (QED) is 0.670. The smallest absolute Gasteiger partial charge is 0.253 e. The van der Waals surface area contributed by atoms with Gasteiger partial charge in [0.15, 0.2) is 0 Å². The molecule has 0 bridgehead atoms. The van der Waals surface area contributed by atoms with Crippen LogP contribution in [0.2, 0.25) is 0 Å². The second-order valence-electron chi connectivity index (χ2n) is 7.78.